The van der Waals surface area contributed by atoms with Gasteiger partial charge in [0, 0.05) is 24.1 Å². The van der Waals surface area contributed by atoms with E-state index < -0.39 is 0 Å². The molecule has 1 aliphatic carbocycles. The number of urea groups is 1. The van der Waals surface area contributed by atoms with Crippen molar-refractivity contribution in [3.63, 3.8) is 0 Å². The zero-order chi connectivity index (χ0) is 18.6. The molecule has 1 saturated carbocycles. The van der Waals surface area contributed by atoms with E-state index in [2.05, 4.69) is 10.6 Å². The van der Waals surface area contributed by atoms with E-state index in [-0.39, 0.29) is 23.8 Å². The first-order chi connectivity index (χ1) is 12.6. The van der Waals surface area contributed by atoms with Gasteiger partial charge in [0.2, 0.25) is 0 Å². The van der Waals surface area contributed by atoms with Gasteiger partial charge in [-0.2, -0.15) is 0 Å². The molecule has 3 rings (SSSR count). The number of halogens is 1. The summed E-state index contributed by atoms with van der Waals surface area (Å²) in [5.74, 6) is 1.04. The lowest BCUT2D eigenvalue weighted by Crippen LogP contribution is -2.39. The second kappa shape index (κ2) is 7.64. The van der Waals surface area contributed by atoms with Crippen LogP contribution in [0.4, 0.5) is 9.18 Å². The Bertz CT molecular complexity index is 790. The highest BCUT2D eigenvalue weighted by atomic mass is 19.1. The number of nitrogens with one attached hydrogen (secondary N) is 2. The van der Waals surface area contributed by atoms with Crippen LogP contribution in [0.1, 0.15) is 24.0 Å². The van der Waals surface area contributed by atoms with E-state index in [4.69, 9.17) is 9.47 Å². The minimum Gasteiger partial charge on any atom is -0.493 e. The second-order valence-corrected chi connectivity index (χ2v) is 6.48. The Kier molecular flexibility index (Phi) is 5.30. The van der Waals surface area contributed by atoms with Crippen molar-refractivity contribution in [2.75, 3.05) is 20.8 Å². The molecule has 26 heavy (non-hydrogen) atoms. The maximum atomic E-state index is 13.6. The molecule has 0 saturated heterocycles. The fraction of sp³-hybridized carbons (Fsp3) is 0.350. The van der Waals surface area contributed by atoms with Crippen LogP contribution in [-0.4, -0.2) is 26.8 Å². The molecule has 2 aromatic carbocycles. The van der Waals surface area contributed by atoms with Gasteiger partial charge in [-0.1, -0.05) is 24.3 Å². The molecule has 0 radical (unpaired) electrons. The largest absolute Gasteiger partial charge is 0.493 e. The molecule has 0 bridgehead atoms. The number of amides is 2. The van der Waals surface area contributed by atoms with Crippen LogP contribution in [-0.2, 0) is 12.0 Å². The predicted molar refractivity (Wildman–Crippen MR) is 97.1 cm³/mol. The molecule has 2 amide bonds. The normalized spacial score (nSPS) is 14.4. The SMILES string of the molecule is COc1ccc(C2(CNC(=O)NCc3ccccc3F)CC2)cc1OC. The molecular formula is C20H23FN2O3. The fourth-order valence-corrected chi connectivity index (χ4v) is 3.01. The summed E-state index contributed by atoms with van der Waals surface area (Å²) < 4.78 is 24.2. The van der Waals surface area contributed by atoms with Crippen LogP contribution in [0.25, 0.3) is 0 Å². The van der Waals surface area contributed by atoms with Crippen LogP contribution in [0.5, 0.6) is 11.5 Å². The van der Waals surface area contributed by atoms with Gasteiger partial charge in [-0.25, -0.2) is 9.18 Å². The number of carbonyl (C=O) groups excluding carboxylic acids is 1. The van der Waals surface area contributed by atoms with Crippen molar-refractivity contribution < 1.29 is 18.7 Å². The van der Waals surface area contributed by atoms with Crippen LogP contribution in [0.15, 0.2) is 42.5 Å². The molecule has 5 nitrogen and oxygen atoms in total. The van der Waals surface area contributed by atoms with Crippen molar-refractivity contribution >= 4 is 6.03 Å². The molecule has 0 heterocycles. The number of ether oxygens (including phenoxy) is 2. The van der Waals surface area contributed by atoms with Crippen molar-refractivity contribution in [3.8, 4) is 11.5 Å². The highest BCUT2D eigenvalue weighted by molar-refractivity contribution is 5.74. The highest BCUT2D eigenvalue weighted by Crippen LogP contribution is 2.49. The Hall–Kier alpha value is -2.76. The lowest BCUT2D eigenvalue weighted by atomic mass is 9.95. The first kappa shape index (κ1) is 18.0. The maximum absolute atomic E-state index is 13.6. The van der Waals surface area contributed by atoms with Gasteiger partial charge in [0.15, 0.2) is 11.5 Å². The van der Waals surface area contributed by atoms with Crippen LogP contribution in [0.2, 0.25) is 0 Å². The molecule has 2 N–H and O–H groups in total. The van der Waals surface area contributed by atoms with Crippen molar-refractivity contribution in [1.29, 1.82) is 0 Å². The second-order valence-electron chi connectivity index (χ2n) is 6.48. The Balaban J connectivity index is 1.57. The Labute approximate surface area is 152 Å². The summed E-state index contributed by atoms with van der Waals surface area (Å²) in [7, 11) is 3.21. The Morgan fingerprint density at radius 2 is 1.81 bits per heavy atom. The fourth-order valence-electron chi connectivity index (χ4n) is 3.01. The van der Waals surface area contributed by atoms with E-state index in [1.807, 2.05) is 18.2 Å². The third-order valence-corrected chi connectivity index (χ3v) is 4.83. The van der Waals surface area contributed by atoms with Gasteiger partial charge in [0.05, 0.1) is 14.2 Å². The summed E-state index contributed by atoms with van der Waals surface area (Å²) >= 11 is 0. The molecule has 0 aliphatic heterocycles. The van der Waals surface area contributed by atoms with Crippen LogP contribution in [0, 0.1) is 5.82 Å². The van der Waals surface area contributed by atoms with E-state index in [1.165, 1.54) is 6.07 Å². The number of benzene rings is 2. The molecular weight excluding hydrogens is 335 g/mol. The minimum atomic E-state index is -0.322. The highest BCUT2D eigenvalue weighted by Gasteiger charge is 2.44. The van der Waals surface area contributed by atoms with Crippen molar-refractivity contribution in [1.82, 2.24) is 10.6 Å². The number of hydrogen-bond donors (Lipinski definition) is 2. The standard InChI is InChI=1S/C20H23FN2O3/c1-25-17-8-7-15(11-18(17)26-2)20(9-10-20)13-23-19(24)22-12-14-5-3-4-6-16(14)21/h3-8,11H,9-10,12-13H2,1-2H3,(H2,22,23,24). The molecule has 1 fully saturated rings. The predicted octanol–water partition coefficient (Wildman–Crippen LogP) is 3.37. The number of methoxy groups -OCH3 is 2. The summed E-state index contributed by atoms with van der Waals surface area (Å²) in [6.07, 6.45) is 1.99. The van der Waals surface area contributed by atoms with E-state index in [1.54, 1.807) is 32.4 Å². The van der Waals surface area contributed by atoms with Crippen LogP contribution in [0.3, 0.4) is 0 Å². The Morgan fingerprint density at radius 3 is 2.46 bits per heavy atom. The maximum Gasteiger partial charge on any atom is 0.315 e. The molecule has 1 aliphatic rings. The minimum absolute atomic E-state index is 0.0745. The third-order valence-electron chi connectivity index (χ3n) is 4.83. The average Bonchev–Trinajstić information content (AvgIpc) is 3.46. The van der Waals surface area contributed by atoms with E-state index in [0.29, 0.717) is 23.6 Å². The zero-order valence-electron chi connectivity index (χ0n) is 15.0. The summed E-state index contributed by atoms with van der Waals surface area (Å²) in [5.41, 5.74) is 1.50. The molecule has 0 atom stereocenters. The lowest BCUT2D eigenvalue weighted by Gasteiger charge is -2.19. The van der Waals surface area contributed by atoms with Gasteiger partial charge in [-0.15, -0.1) is 0 Å². The van der Waals surface area contributed by atoms with Gasteiger partial charge >= 0.3 is 6.03 Å². The summed E-state index contributed by atoms with van der Waals surface area (Å²) in [4.78, 5) is 12.1. The summed E-state index contributed by atoms with van der Waals surface area (Å²) in [6.45, 7) is 0.674. The van der Waals surface area contributed by atoms with Gasteiger partial charge in [-0.05, 0) is 36.6 Å². The van der Waals surface area contributed by atoms with Crippen LogP contribution >= 0.6 is 0 Å². The van der Waals surface area contributed by atoms with E-state index in [9.17, 15) is 9.18 Å². The van der Waals surface area contributed by atoms with Crippen LogP contribution < -0.4 is 20.1 Å². The molecule has 0 aromatic heterocycles. The molecule has 0 unspecified atom stereocenters. The van der Waals surface area contributed by atoms with Gasteiger partial charge in [0.1, 0.15) is 5.82 Å². The first-order valence-corrected chi connectivity index (χ1v) is 8.55. The molecule has 6 heteroatoms. The summed E-state index contributed by atoms with van der Waals surface area (Å²) in [5, 5.41) is 5.59. The monoisotopic (exact) mass is 358 g/mol. The Morgan fingerprint density at radius 1 is 1.08 bits per heavy atom. The molecule has 138 valence electrons. The van der Waals surface area contributed by atoms with Crippen molar-refractivity contribution in [2.24, 2.45) is 0 Å². The topological polar surface area (TPSA) is 59.6 Å². The molecule has 2 aromatic rings. The number of hydrogen-bond acceptors (Lipinski definition) is 3. The van der Waals surface area contributed by atoms with Crippen molar-refractivity contribution in [3.05, 3.63) is 59.4 Å². The van der Waals surface area contributed by atoms with Gasteiger partial charge in [-0.3, -0.25) is 0 Å². The van der Waals surface area contributed by atoms with Gasteiger partial charge in [0.25, 0.3) is 0 Å². The lowest BCUT2D eigenvalue weighted by molar-refractivity contribution is 0.239. The van der Waals surface area contributed by atoms with E-state index >= 15 is 0 Å². The number of carbonyl (C=O) groups is 1. The number of rotatable bonds is 7. The van der Waals surface area contributed by atoms with Gasteiger partial charge < -0.3 is 20.1 Å². The molecule has 0 spiro atoms. The third kappa shape index (κ3) is 3.90. The average molecular weight is 358 g/mol. The van der Waals surface area contributed by atoms with E-state index in [0.717, 1.165) is 18.4 Å². The smallest absolute Gasteiger partial charge is 0.315 e. The zero-order valence-corrected chi connectivity index (χ0v) is 15.0. The van der Waals surface area contributed by atoms with Crippen molar-refractivity contribution in [2.45, 2.75) is 24.8 Å². The quantitative estimate of drug-likeness (QED) is 0.798. The summed E-state index contributed by atoms with van der Waals surface area (Å²) in [6, 6.07) is 11.9. The first-order valence-electron chi connectivity index (χ1n) is 8.55.